The summed E-state index contributed by atoms with van der Waals surface area (Å²) < 4.78 is 4.99. The van der Waals surface area contributed by atoms with Crippen LogP contribution >= 0.6 is 0 Å². The van der Waals surface area contributed by atoms with E-state index in [9.17, 15) is 4.79 Å². The Morgan fingerprint density at radius 1 is 1.40 bits per heavy atom. The molecule has 1 heterocycles. The number of aromatic nitrogens is 1. The third-order valence-electron chi connectivity index (χ3n) is 4.30. The molecule has 4 heteroatoms. The number of amides is 1. The van der Waals surface area contributed by atoms with E-state index < -0.39 is 0 Å². The Morgan fingerprint density at radius 2 is 2.15 bits per heavy atom. The number of carbonyl (C=O) groups is 1. The number of aryl methyl sites for hydroxylation is 1. The number of hydrogen-bond acceptors (Lipinski definition) is 3. The van der Waals surface area contributed by atoms with E-state index in [1.165, 1.54) is 32.1 Å². The van der Waals surface area contributed by atoms with Crippen molar-refractivity contribution in [3.8, 4) is 0 Å². The predicted octanol–water partition coefficient (Wildman–Crippen LogP) is 3.60. The molecular formula is C16H26N2O2. The molecule has 112 valence electrons. The van der Waals surface area contributed by atoms with Gasteiger partial charge in [0.1, 0.15) is 11.5 Å². The second-order valence-corrected chi connectivity index (χ2v) is 6.01. The molecular weight excluding hydrogens is 252 g/mol. The molecule has 2 rings (SSSR count). The van der Waals surface area contributed by atoms with Crippen molar-refractivity contribution in [1.29, 1.82) is 0 Å². The molecule has 1 fully saturated rings. The van der Waals surface area contributed by atoms with Crippen LogP contribution in [0.2, 0.25) is 0 Å². The first-order valence-corrected chi connectivity index (χ1v) is 7.89. The van der Waals surface area contributed by atoms with Crippen LogP contribution in [0.1, 0.15) is 63.3 Å². The Morgan fingerprint density at radius 3 is 2.75 bits per heavy atom. The van der Waals surface area contributed by atoms with Crippen LogP contribution < -0.4 is 5.32 Å². The number of rotatable bonds is 6. The standard InChI is InChI=1S/C16H26N2O2/c1-3-4-5-13-6-8-14(9-7-13)16(19)17-11-15-10-12(2)20-18-15/h10,13-14H,3-9,11H2,1-2H3,(H,17,19). The number of hydrogen-bond donors (Lipinski definition) is 1. The Balaban J connectivity index is 1.69. The zero-order valence-electron chi connectivity index (χ0n) is 12.7. The van der Waals surface area contributed by atoms with E-state index in [1.807, 2.05) is 13.0 Å². The Labute approximate surface area is 121 Å². The molecule has 0 bridgehead atoms. The molecule has 1 N–H and O–H groups in total. The van der Waals surface area contributed by atoms with Crippen LogP contribution in [0, 0.1) is 18.8 Å². The van der Waals surface area contributed by atoms with Gasteiger partial charge in [-0.2, -0.15) is 0 Å². The lowest BCUT2D eigenvalue weighted by atomic mass is 9.79. The molecule has 0 aromatic carbocycles. The van der Waals surface area contributed by atoms with E-state index in [0.717, 1.165) is 30.2 Å². The quantitative estimate of drug-likeness (QED) is 0.865. The molecule has 1 aromatic heterocycles. The maximum Gasteiger partial charge on any atom is 0.223 e. The topological polar surface area (TPSA) is 55.1 Å². The number of nitrogens with zero attached hydrogens (tertiary/aromatic N) is 1. The third-order valence-corrected chi connectivity index (χ3v) is 4.30. The lowest BCUT2D eigenvalue weighted by molar-refractivity contribution is -0.126. The normalized spacial score (nSPS) is 22.7. The van der Waals surface area contributed by atoms with Crippen molar-refractivity contribution in [3.63, 3.8) is 0 Å². The second kappa shape index (κ2) is 7.46. The zero-order chi connectivity index (χ0) is 14.4. The van der Waals surface area contributed by atoms with Gasteiger partial charge in [-0.25, -0.2) is 0 Å². The van der Waals surface area contributed by atoms with Crippen molar-refractivity contribution in [1.82, 2.24) is 10.5 Å². The summed E-state index contributed by atoms with van der Waals surface area (Å²) in [4.78, 5) is 12.1. The monoisotopic (exact) mass is 278 g/mol. The minimum Gasteiger partial charge on any atom is -0.361 e. The van der Waals surface area contributed by atoms with Crippen molar-refractivity contribution in [2.75, 3.05) is 0 Å². The van der Waals surface area contributed by atoms with Gasteiger partial charge in [-0.1, -0.05) is 31.3 Å². The molecule has 0 unspecified atom stereocenters. The molecule has 0 radical (unpaired) electrons. The van der Waals surface area contributed by atoms with Gasteiger partial charge in [0.05, 0.1) is 6.54 Å². The first kappa shape index (κ1) is 15.1. The van der Waals surface area contributed by atoms with E-state index in [1.54, 1.807) is 0 Å². The molecule has 1 aromatic rings. The van der Waals surface area contributed by atoms with Crippen molar-refractivity contribution >= 4 is 5.91 Å². The van der Waals surface area contributed by atoms with Crippen molar-refractivity contribution < 1.29 is 9.32 Å². The first-order chi connectivity index (χ1) is 9.69. The van der Waals surface area contributed by atoms with Crippen LogP contribution in [-0.2, 0) is 11.3 Å². The van der Waals surface area contributed by atoms with E-state index in [-0.39, 0.29) is 11.8 Å². The Kier molecular flexibility index (Phi) is 5.62. The molecule has 0 aliphatic heterocycles. The minimum absolute atomic E-state index is 0.180. The fraction of sp³-hybridized carbons (Fsp3) is 0.750. The molecule has 1 amide bonds. The van der Waals surface area contributed by atoms with Crippen LogP contribution in [0.25, 0.3) is 0 Å². The van der Waals surface area contributed by atoms with Crippen molar-refractivity contribution in [2.24, 2.45) is 11.8 Å². The molecule has 1 aliphatic rings. The highest BCUT2D eigenvalue weighted by atomic mass is 16.5. The van der Waals surface area contributed by atoms with Crippen LogP contribution in [0.4, 0.5) is 0 Å². The van der Waals surface area contributed by atoms with Gasteiger partial charge < -0.3 is 9.84 Å². The fourth-order valence-electron chi connectivity index (χ4n) is 3.03. The number of unbranched alkanes of at least 4 members (excludes halogenated alkanes) is 1. The third kappa shape index (κ3) is 4.36. The average Bonchev–Trinajstić information content (AvgIpc) is 2.89. The van der Waals surface area contributed by atoms with Gasteiger partial charge in [0.2, 0.25) is 5.91 Å². The average molecular weight is 278 g/mol. The van der Waals surface area contributed by atoms with Gasteiger partial charge in [-0.05, 0) is 38.5 Å². The van der Waals surface area contributed by atoms with Gasteiger partial charge in [-0.3, -0.25) is 4.79 Å². The molecule has 0 atom stereocenters. The molecule has 1 saturated carbocycles. The number of nitrogens with one attached hydrogen (secondary N) is 1. The van der Waals surface area contributed by atoms with Gasteiger partial charge in [0.15, 0.2) is 0 Å². The van der Waals surface area contributed by atoms with E-state index in [0.29, 0.717) is 6.54 Å². The van der Waals surface area contributed by atoms with E-state index >= 15 is 0 Å². The maximum atomic E-state index is 12.1. The van der Waals surface area contributed by atoms with Crippen LogP contribution in [0.15, 0.2) is 10.6 Å². The summed E-state index contributed by atoms with van der Waals surface area (Å²) in [6, 6.07) is 1.86. The summed E-state index contributed by atoms with van der Waals surface area (Å²) >= 11 is 0. The zero-order valence-corrected chi connectivity index (χ0v) is 12.7. The molecule has 4 nitrogen and oxygen atoms in total. The van der Waals surface area contributed by atoms with E-state index in [2.05, 4.69) is 17.4 Å². The van der Waals surface area contributed by atoms with Gasteiger partial charge in [0.25, 0.3) is 0 Å². The maximum absolute atomic E-state index is 12.1. The lowest BCUT2D eigenvalue weighted by Gasteiger charge is -2.27. The van der Waals surface area contributed by atoms with Crippen LogP contribution in [0.5, 0.6) is 0 Å². The van der Waals surface area contributed by atoms with Crippen LogP contribution in [0.3, 0.4) is 0 Å². The molecule has 1 aliphatic carbocycles. The van der Waals surface area contributed by atoms with Gasteiger partial charge >= 0.3 is 0 Å². The first-order valence-electron chi connectivity index (χ1n) is 7.89. The molecule has 0 saturated heterocycles. The summed E-state index contributed by atoms with van der Waals surface area (Å²) in [6.45, 7) is 4.58. The van der Waals surface area contributed by atoms with Crippen molar-refractivity contribution in [2.45, 2.75) is 65.3 Å². The Bertz CT molecular complexity index is 420. The SMILES string of the molecule is CCCCC1CCC(C(=O)NCc2cc(C)on2)CC1. The van der Waals surface area contributed by atoms with Gasteiger partial charge in [-0.15, -0.1) is 0 Å². The predicted molar refractivity (Wildman–Crippen MR) is 78.1 cm³/mol. The highest BCUT2D eigenvalue weighted by Gasteiger charge is 2.25. The minimum atomic E-state index is 0.180. The summed E-state index contributed by atoms with van der Waals surface area (Å²) in [5, 5.41) is 6.87. The largest absolute Gasteiger partial charge is 0.361 e. The summed E-state index contributed by atoms with van der Waals surface area (Å²) in [5.74, 6) is 2.00. The van der Waals surface area contributed by atoms with Crippen molar-refractivity contribution in [3.05, 3.63) is 17.5 Å². The fourth-order valence-corrected chi connectivity index (χ4v) is 3.03. The van der Waals surface area contributed by atoms with Crippen LogP contribution in [-0.4, -0.2) is 11.1 Å². The molecule has 20 heavy (non-hydrogen) atoms. The summed E-state index contributed by atoms with van der Waals surface area (Å²) in [7, 11) is 0. The lowest BCUT2D eigenvalue weighted by Crippen LogP contribution is -2.32. The summed E-state index contributed by atoms with van der Waals surface area (Å²) in [6.07, 6.45) is 8.44. The smallest absolute Gasteiger partial charge is 0.223 e. The summed E-state index contributed by atoms with van der Waals surface area (Å²) in [5.41, 5.74) is 0.799. The van der Waals surface area contributed by atoms with E-state index in [4.69, 9.17) is 4.52 Å². The highest BCUT2D eigenvalue weighted by molar-refractivity contribution is 5.78. The van der Waals surface area contributed by atoms with Gasteiger partial charge in [0, 0.05) is 12.0 Å². The Hall–Kier alpha value is -1.32. The highest BCUT2D eigenvalue weighted by Crippen LogP contribution is 2.31. The molecule has 0 spiro atoms. The number of carbonyl (C=O) groups excluding carboxylic acids is 1. The second-order valence-electron chi connectivity index (χ2n) is 6.01.